The van der Waals surface area contributed by atoms with Crippen molar-refractivity contribution >= 4 is 18.3 Å². The third-order valence-corrected chi connectivity index (χ3v) is 4.23. The van der Waals surface area contributed by atoms with Crippen molar-refractivity contribution in [3.63, 3.8) is 0 Å². The summed E-state index contributed by atoms with van der Waals surface area (Å²) >= 11 is 0. The number of benzene rings is 2. The standard InChI is InChI=1S/C20H24N2O2.ClH/c23-20(22-18-10-6-12-21-14-18)15-24-19-11-5-4-9-17(19)13-16-7-2-1-3-8-16;/h1-5,7-9,11,18,21H,6,10,12-15H2,(H,22,23);1H. The van der Waals surface area contributed by atoms with Gasteiger partial charge in [0.25, 0.3) is 5.91 Å². The molecule has 0 aromatic heterocycles. The van der Waals surface area contributed by atoms with Gasteiger partial charge in [-0.1, -0.05) is 48.5 Å². The third-order valence-electron chi connectivity index (χ3n) is 4.23. The van der Waals surface area contributed by atoms with E-state index in [1.807, 2.05) is 42.5 Å². The zero-order chi connectivity index (χ0) is 16.6. The molecule has 0 spiro atoms. The first-order valence-electron chi connectivity index (χ1n) is 8.56. The van der Waals surface area contributed by atoms with Crippen LogP contribution in [0.5, 0.6) is 5.75 Å². The highest BCUT2D eigenvalue weighted by atomic mass is 35.5. The first-order valence-corrected chi connectivity index (χ1v) is 8.56. The molecule has 0 saturated carbocycles. The molecule has 2 N–H and O–H groups in total. The van der Waals surface area contributed by atoms with Crippen LogP contribution in [0, 0.1) is 0 Å². The number of hydrogen-bond donors (Lipinski definition) is 2. The summed E-state index contributed by atoms with van der Waals surface area (Å²) in [5, 5.41) is 6.33. The SMILES string of the molecule is Cl.O=C(COc1ccccc1Cc1ccccc1)NC1CCCNC1. The van der Waals surface area contributed by atoms with Crippen LogP contribution in [0.25, 0.3) is 0 Å². The lowest BCUT2D eigenvalue weighted by atomic mass is 10.0. The fraction of sp³-hybridized carbons (Fsp3) is 0.350. The molecule has 1 unspecified atom stereocenters. The Hall–Kier alpha value is -2.04. The molecule has 1 amide bonds. The van der Waals surface area contributed by atoms with E-state index in [2.05, 4.69) is 22.8 Å². The number of rotatable bonds is 6. The summed E-state index contributed by atoms with van der Waals surface area (Å²) in [4.78, 5) is 12.1. The summed E-state index contributed by atoms with van der Waals surface area (Å²) in [6.45, 7) is 1.94. The van der Waals surface area contributed by atoms with Gasteiger partial charge in [-0.15, -0.1) is 12.4 Å². The molecule has 134 valence electrons. The minimum Gasteiger partial charge on any atom is -0.483 e. The van der Waals surface area contributed by atoms with Crippen molar-refractivity contribution in [2.24, 2.45) is 0 Å². The average Bonchev–Trinajstić information content (AvgIpc) is 2.63. The van der Waals surface area contributed by atoms with Crippen molar-refractivity contribution in [1.29, 1.82) is 0 Å². The predicted molar refractivity (Wildman–Crippen MR) is 102 cm³/mol. The summed E-state index contributed by atoms with van der Waals surface area (Å²) in [7, 11) is 0. The molecular weight excluding hydrogens is 336 g/mol. The fourth-order valence-electron chi connectivity index (χ4n) is 2.99. The molecular formula is C20H25ClN2O2. The van der Waals surface area contributed by atoms with Crippen molar-refractivity contribution in [2.45, 2.75) is 25.3 Å². The van der Waals surface area contributed by atoms with E-state index >= 15 is 0 Å². The maximum Gasteiger partial charge on any atom is 0.258 e. The van der Waals surface area contributed by atoms with Gasteiger partial charge < -0.3 is 15.4 Å². The number of amides is 1. The number of hydrogen-bond acceptors (Lipinski definition) is 3. The van der Waals surface area contributed by atoms with Crippen LogP contribution in [0.15, 0.2) is 54.6 Å². The number of carbonyl (C=O) groups is 1. The number of halogens is 1. The normalized spacial score (nSPS) is 16.6. The number of ether oxygens (including phenoxy) is 1. The van der Waals surface area contributed by atoms with E-state index in [-0.39, 0.29) is 31.0 Å². The highest BCUT2D eigenvalue weighted by molar-refractivity contribution is 5.85. The molecule has 1 heterocycles. The number of piperidine rings is 1. The number of carbonyl (C=O) groups excluding carboxylic acids is 1. The van der Waals surface area contributed by atoms with Gasteiger partial charge in [0.1, 0.15) is 5.75 Å². The van der Waals surface area contributed by atoms with Crippen LogP contribution < -0.4 is 15.4 Å². The van der Waals surface area contributed by atoms with E-state index in [9.17, 15) is 4.79 Å². The second-order valence-corrected chi connectivity index (χ2v) is 6.17. The Morgan fingerprint density at radius 2 is 1.88 bits per heavy atom. The fourth-order valence-corrected chi connectivity index (χ4v) is 2.99. The minimum absolute atomic E-state index is 0. The van der Waals surface area contributed by atoms with Crippen molar-refractivity contribution < 1.29 is 9.53 Å². The van der Waals surface area contributed by atoms with Crippen LogP contribution in [-0.4, -0.2) is 31.6 Å². The van der Waals surface area contributed by atoms with E-state index in [4.69, 9.17) is 4.74 Å². The lowest BCUT2D eigenvalue weighted by Gasteiger charge is -2.23. The number of para-hydroxylation sites is 1. The van der Waals surface area contributed by atoms with Crippen molar-refractivity contribution in [3.8, 4) is 5.75 Å². The zero-order valence-electron chi connectivity index (χ0n) is 14.2. The Balaban J connectivity index is 0.00000225. The van der Waals surface area contributed by atoms with E-state index in [1.54, 1.807) is 0 Å². The first-order chi connectivity index (χ1) is 11.8. The molecule has 1 fully saturated rings. The molecule has 0 radical (unpaired) electrons. The van der Waals surface area contributed by atoms with Crippen molar-refractivity contribution in [3.05, 3.63) is 65.7 Å². The molecule has 2 aromatic rings. The first kappa shape index (κ1) is 19.3. The summed E-state index contributed by atoms with van der Waals surface area (Å²) in [5.41, 5.74) is 2.32. The van der Waals surface area contributed by atoms with Gasteiger partial charge in [-0.25, -0.2) is 0 Å². The second-order valence-electron chi connectivity index (χ2n) is 6.17. The molecule has 2 aromatic carbocycles. The van der Waals surface area contributed by atoms with Gasteiger partial charge in [-0.3, -0.25) is 4.79 Å². The largest absolute Gasteiger partial charge is 0.483 e. The van der Waals surface area contributed by atoms with E-state index in [0.29, 0.717) is 0 Å². The van der Waals surface area contributed by atoms with Gasteiger partial charge >= 0.3 is 0 Å². The Morgan fingerprint density at radius 1 is 1.12 bits per heavy atom. The lowest BCUT2D eigenvalue weighted by Crippen LogP contribution is -2.47. The molecule has 1 atom stereocenters. The molecule has 3 rings (SSSR count). The van der Waals surface area contributed by atoms with E-state index < -0.39 is 0 Å². The molecule has 25 heavy (non-hydrogen) atoms. The number of nitrogens with one attached hydrogen (secondary N) is 2. The molecule has 0 aliphatic carbocycles. The van der Waals surface area contributed by atoms with Crippen LogP contribution in [0.1, 0.15) is 24.0 Å². The smallest absolute Gasteiger partial charge is 0.258 e. The Morgan fingerprint density at radius 3 is 2.64 bits per heavy atom. The van der Waals surface area contributed by atoms with Gasteiger partial charge in [-0.05, 0) is 36.6 Å². The average molecular weight is 361 g/mol. The van der Waals surface area contributed by atoms with Crippen LogP contribution in [0.2, 0.25) is 0 Å². The lowest BCUT2D eigenvalue weighted by molar-refractivity contribution is -0.123. The van der Waals surface area contributed by atoms with Gasteiger partial charge in [0.2, 0.25) is 0 Å². The Labute approximate surface area is 155 Å². The minimum atomic E-state index is -0.0572. The van der Waals surface area contributed by atoms with Gasteiger partial charge in [0.05, 0.1) is 0 Å². The predicted octanol–water partition coefficient (Wildman–Crippen LogP) is 2.95. The second kappa shape index (κ2) is 10.1. The highest BCUT2D eigenvalue weighted by Gasteiger charge is 2.15. The van der Waals surface area contributed by atoms with Crippen molar-refractivity contribution in [1.82, 2.24) is 10.6 Å². The molecule has 1 aliphatic rings. The summed E-state index contributed by atoms with van der Waals surface area (Å²) in [5.74, 6) is 0.719. The quantitative estimate of drug-likeness (QED) is 0.832. The molecule has 1 saturated heterocycles. The zero-order valence-corrected chi connectivity index (χ0v) is 15.1. The molecule has 4 nitrogen and oxygen atoms in total. The third kappa shape index (κ3) is 6.07. The summed E-state index contributed by atoms with van der Waals surface area (Å²) in [6.07, 6.45) is 2.93. The van der Waals surface area contributed by atoms with E-state index in [1.165, 1.54) is 5.56 Å². The van der Waals surface area contributed by atoms with Crippen LogP contribution >= 0.6 is 12.4 Å². The van der Waals surface area contributed by atoms with Crippen LogP contribution in [-0.2, 0) is 11.2 Å². The van der Waals surface area contributed by atoms with E-state index in [0.717, 1.165) is 43.7 Å². The maximum absolute atomic E-state index is 12.1. The van der Waals surface area contributed by atoms with Gasteiger partial charge in [0.15, 0.2) is 6.61 Å². The van der Waals surface area contributed by atoms with Crippen LogP contribution in [0.3, 0.4) is 0 Å². The molecule has 1 aliphatic heterocycles. The maximum atomic E-state index is 12.1. The summed E-state index contributed by atoms with van der Waals surface area (Å²) in [6, 6.07) is 18.4. The Kier molecular flexibility index (Phi) is 7.76. The summed E-state index contributed by atoms with van der Waals surface area (Å²) < 4.78 is 5.78. The Bertz CT molecular complexity index is 658. The van der Waals surface area contributed by atoms with Crippen LogP contribution in [0.4, 0.5) is 0 Å². The van der Waals surface area contributed by atoms with Gasteiger partial charge in [0, 0.05) is 19.0 Å². The molecule has 0 bridgehead atoms. The van der Waals surface area contributed by atoms with Gasteiger partial charge in [-0.2, -0.15) is 0 Å². The van der Waals surface area contributed by atoms with Crippen molar-refractivity contribution in [2.75, 3.05) is 19.7 Å². The highest BCUT2D eigenvalue weighted by Crippen LogP contribution is 2.21. The monoisotopic (exact) mass is 360 g/mol. The molecule has 5 heteroatoms. The topological polar surface area (TPSA) is 50.4 Å².